The van der Waals surface area contributed by atoms with Crippen molar-refractivity contribution in [2.45, 2.75) is 0 Å². The Balaban J connectivity index is 1.95. The minimum Gasteiger partial charge on any atom is -0.497 e. The molecule has 0 radical (unpaired) electrons. The fraction of sp³-hybridized carbons (Fsp3) is 0.100. The molecule has 1 heterocycles. The van der Waals surface area contributed by atoms with Crippen molar-refractivity contribution in [2.24, 2.45) is 0 Å². The Labute approximate surface area is 166 Å². The summed E-state index contributed by atoms with van der Waals surface area (Å²) in [6.45, 7) is 0. The highest BCUT2D eigenvalue weighted by molar-refractivity contribution is 6.39. The van der Waals surface area contributed by atoms with Crippen LogP contribution in [0.25, 0.3) is 11.1 Å². The molecule has 7 heteroatoms. The molecule has 0 fully saturated rings. The van der Waals surface area contributed by atoms with Crippen LogP contribution in [-0.2, 0) is 0 Å². The van der Waals surface area contributed by atoms with Crippen LogP contribution in [-0.4, -0.2) is 25.1 Å². The molecule has 27 heavy (non-hydrogen) atoms. The van der Waals surface area contributed by atoms with Crippen LogP contribution in [0.1, 0.15) is 10.4 Å². The fourth-order valence-corrected chi connectivity index (χ4v) is 3.02. The van der Waals surface area contributed by atoms with Crippen LogP contribution in [0.5, 0.6) is 11.5 Å². The Morgan fingerprint density at radius 3 is 2.22 bits per heavy atom. The lowest BCUT2D eigenvalue weighted by molar-refractivity contribution is 0.102. The molecule has 0 aliphatic carbocycles. The molecule has 5 nitrogen and oxygen atoms in total. The molecule has 0 spiro atoms. The van der Waals surface area contributed by atoms with Crippen molar-refractivity contribution >= 4 is 34.8 Å². The van der Waals surface area contributed by atoms with E-state index in [0.717, 1.165) is 16.9 Å². The highest BCUT2D eigenvalue weighted by Crippen LogP contribution is 2.33. The van der Waals surface area contributed by atoms with Crippen LogP contribution in [0.2, 0.25) is 10.0 Å². The second-order valence-corrected chi connectivity index (χ2v) is 6.39. The van der Waals surface area contributed by atoms with E-state index in [0.29, 0.717) is 17.0 Å². The number of aromatic nitrogens is 1. The molecule has 3 rings (SSSR count). The number of nitrogens with one attached hydrogen (secondary N) is 1. The summed E-state index contributed by atoms with van der Waals surface area (Å²) < 4.78 is 10.6. The maximum atomic E-state index is 12.7. The van der Waals surface area contributed by atoms with Crippen molar-refractivity contribution in [1.82, 2.24) is 4.98 Å². The van der Waals surface area contributed by atoms with Crippen molar-refractivity contribution in [3.8, 4) is 22.6 Å². The van der Waals surface area contributed by atoms with Gasteiger partial charge in [0, 0.05) is 23.5 Å². The van der Waals surface area contributed by atoms with Gasteiger partial charge in [-0.3, -0.25) is 9.78 Å². The summed E-state index contributed by atoms with van der Waals surface area (Å²) in [4.78, 5) is 16.6. The van der Waals surface area contributed by atoms with Gasteiger partial charge in [-0.05, 0) is 35.9 Å². The molecule has 0 aliphatic heterocycles. The minimum atomic E-state index is -0.345. The number of amides is 1. The second kappa shape index (κ2) is 8.29. The van der Waals surface area contributed by atoms with Crippen molar-refractivity contribution in [3.05, 3.63) is 70.5 Å². The summed E-state index contributed by atoms with van der Waals surface area (Å²) in [7, 11) is 3.19. The van der Waals surface area contributed by atoms with E-state index in [-0.39, 0.29) is 16.0 Å². The number of nitrogens with zero attached hydrogens (tertiary/aromatic N) is 1. The molecule has 2 aromatic carbocycles. The molecule has 0 aliphatic rings. The van der Waals surface area contributed by atoms with E-state index in [1.807, 2.05) is 24.3 Å². The molecule has 0 atom stereocenters. The van der Waals surface area contributed by atoms with E-state index in [9.17, 15) is 4.79 Å². The van der Waals surface area contributed by atoms with E-state index in [1.54, 1.807) is 32.4 Å². The molecule has 0 saturated heterocycles. The number of pyridine rings is 1. The Bertz CT molecular complexity index is 955. The first kappa shape index (κ1) is 19.0. The zero-order chi connectivity index (χ0) is 19.4. The van der Waals surface area contributed by atoms with Crippen LogP contribution in [0, 0.1) is 0 Å². The highest BCUT2D eigenvalue weighted by Gasteiger charge is 2.15. The molecule has 0 saturated carbocycles. The third kappa shape index (κ3) is 4.15. The summed E-state index contributed by atoms with van der Waals surface area (Å²) in [6, 6.07) is 12.6. The predicted octanol–water partition coefficient (Wildman–Crippen LogP) is 5.32. The first-order chi connectivity index (χ1) is 13.0. The van der Waals surface area contributed by atoms with Gasteiger partial charge in [-0.25, -0.2) is 0 Å². The number of rotatable bonds is 5. The number of methoxy groups -OCH3 is 2. The van der Waals surface area contributed by atoms with Gasteiger partial charge in [-0.1, -0.05) is 35.3 Å². The number of hydrogen-bond acceptors (Lipinski definition) is 4. The standard InChI is InChI=1S/C20H16Cl2N2O3/c1-26-14-6-3-12(4-7-14)15-9-13(5-8-18(15)27-2)20(25)24-19-16(21)10-23-11-17(19)22/h3-11H,1-2H3,(H,23,24,25). The maximum Gasteiger partial charge on any atom is 0.255 e. The molecule has 1 aromatic heterocycles. The smallest absolute Gasteiger partial charge is 0.255 e. The molecule has 0 unspecified atom stereocenters. The number of carbonyl (C=O) groups is 1. The van der Waals surface area contributed by atoms with E-state index >= 15 is 0 Å². The second-order valence-electron chi connectivity index (χ2n) is 5.58. The Kier molecular flexibility index (Phi) is 5.84. The van der Waals surface area contributed by atoms with Crippen LogP contribution >= 0.6 is 23.2 Å². The van der Waals surface area contributed by atoms with Crippen LogP contribution in [0.15, 0.2) is 54.9 Å². The van der Waals surface area contributed by atoms with E-state index in [4.69, 9.17) is 32.7 Å². The molecule has 1 N–H and O–H groups in total. The van der Waals surface area contributed by atoms with Gasteiger partial charge >= 0.3 is 0 Å². The Hall–Kier alpha value is -2.76. The average molecular weight is 403 g/mol. The molecule has 0 bridgehead atoms. The quantitative estimate of drug-likeness (QED) is 0.626. The van der Waals surface area contributed by atoms with Crippen molar-refractivity contribution in [1.29, 1.82) is 0 Å². The van der Waals surface area contributed by atoms with Crippen molar-refractivity contribution in [3.63, 3.8) is 0 Å². The average Bonchev–Trinajstić information content (AvgIpc) is 2.70. The Morgan fingerprint density at radius 1 is 0.963 bits per heavy atom. The van der Waals surface area contributed by atoms with Gasteiger partial charge in [0.05, 0.1) is 30.0 Å². The zero-order valence-electron chi connectivity index (χ0n) is 14.6. The summed E-state index contributed by atoms with van der Waals surface area (Å²) in [5, 5.41) is 3.25. The third-order valence-corrected chi connectivity index (χ3v) is 4.53. The lowest BCUT2D eigenvalue weighted by Crippen LogP contribution is -2.13. The van der Waals surface area contributed by atoms with Crippen molar-refractivity contribution in [2.75, 3.05) is 19.5 Å². The van der Waals surface area contributed by atoms with Gasteiger partial charge < -0.3 is 14.8 Å². The predicted molar refractivity (Wildman–Crippen MR) is 107 cm³/mol. The number of carbonyl (C=O) groups excluding carboxylic acids is 1. The van der Waals surface area contributed by atoms with Gasteiger partial charge in [0.25, 0.3) is 5.91 Å². The first-order valence-corrected chi connectivity index (χ1v) is 8.72. The van der Waals surface area contributed by atoms with Gasteiger partial charge in [-0.2, -0.15) is 0 Å². The van der Waals surface area contributed by atoms with E-state index in [1.165, 1.54) is 12.4 Å². The summed E-state index contributed by atoms with van der Waals surface area (Å²) in [5.74, 6) is 1.05. The zero-order valence-corrected chi connectivity index (χ0v) is 16.1. The summed E-state index contributed by atoms with van der Waals surface area (Å²) in [5.41, 5.74) is 2.42. The number of anilines is 1. The number of halogens is 2. The lowest BCUT2D eigenvalue weighted by atomic mass is 10.0. The number of hydrogen-bond donors (Lipinski definition) is 1. The SMILES string of the molecule is COc1ccc(-c2cc(C(=O)Nc3c(Cl)cncc3Cl)ccc2OC)cc1. The highest BCUT2D eigenvalue weighted by atomic mass is 35.5. The van der Waals surface area contributed by atoms with E-state index in [2.05, 4.69) is 10.3 Å². The fourth-order valence-electron chi connectivity index (χ4n) is 2.56. The first-order valence-electron chi connectivity index (χ1n) is 7.96. The van der Waals surface area contributed by atoms with Gasteiger partial charge in [0.1, 0.15) is 11.5 Å². The largest absolute Gasteiger partial charge is 0.497 e. The molecule has 1 amide bonds. The van der Waals surface area contributed by atoms with Crippen LogP contribution in [0.4, 0.5) is 5.69 Å². The molecule has 138 valence electrons. The van der Waals surface area contributed by atoms with Crippen molar-refractivity contribution < 1.29 is 14.3 Å². The monoisotopic (exact) mass is 402 g/mol. The normalized spacial score (nSPS) is 10.4. The molecular formula is C20H16Cl2N2O3. The van der Waals surface area contributed by atoms with Crippen LogP contribution < -0.4 is 14.8 Å². The number of benzene rings is 2. The van der Waals surface area contributed by atoms with Gasteiger partial charge in [0.2, 0.25) is 0 Å². The maximum absolute atomic E-state index is 12.7. The Morgan fingerprint density at radius 2 is 1.63 bits per heavy atom. The lowest BCUT2D eigenvalue weighted by Gasteiger charge is -2.13. The topological polar surface area (TPSA) is 60.5 Å². The minimum absolute atomic E-state index is 0.264. The molecule has 3 aromatic rings. The number of ether oxygens (including phenoxy) is 2. The molecular weight excluding hydrogens is 387 g/mol. The van der Waals surface area contributed by atoms with Gasteiger partial charge in [0.15, 0.2) is 0 Å². The third-order valence-electron chi connectivity index (χ3n) is 3.95. The van der Waals surface area contributed by atoms with Crippen LogP contribution in [0.3, 0.4) is 0 Å². The van der Waals surface area contributed by atoms with E-state index < -0.39 is 0 Å². The summed E-state index contributed by atoms with van der Waals surface area (Å²) in [6.07, 6.45) is 2.83. The van der Waals surface area contributed by atoms with Gasteiger partial charge in [-0.15, -0.1) is 0 Å². The summed E-state index contributed by atoms with van der Waals surface area (Å²) >= 11 is 12.1.